The molecule has 92 valence electrons. The van der Waals surface area contributed by atoms with Crippen molar-refractivity contribution in [2.45, 2.75) is 0 Å². The number of phenols is 1. The highest BCUT2D eigenvalue weighted by atomic mass is 35.5. The monoisotopic (exact) mass is 265 g/mol. The second-order valence-electron chi connectivity index (χ2n) is 3.46. The Kier molecular flexibility index (Phi) is 2.99. The molecule has 0 aliphatic rings. The summed E-state index contributed by atoms with van der Waals surface area (Å²) in [5, 5.41) is 19.0. The first kappa shape index (κ1) is 12.1. The average molecular weight is 266 g/mol. The van der Waals surface area contributed by atoms with E-state index in [0.29, 0.717) is 11.4 Å². The van der Waals surface area contributed by atoms with Crippen LogP contribution in [0.1, 0.15) is 0 Å². The third kappa shape index (κ3) is 1.91. The standard InChI is InChI=1S/C10H7N5O2.ClH/c16-6-3-1-5(2-4-6)8-11-9-7(10(17)12-8)13-15-14-9;/h1-4,16H,(H2,11,12,13,14,15,17);1H. The fourth-order valence-electron chi connectivity index (χ4n) is 1.51. The van der Waals surface area contributed by atoms with Gasteiger partial charge in [0.2, 0.25) is 5.65 Å². The molecule has 0 saturated heterocycles. The third-order valence-corrected chi connectivity index (χ3v) is 2.33. The summed E-state index contributed by atoms with van der Waals surface area (Å²) in [5.41, 5.74) is 0.765. The summed E-state index contributed by atoms with van der Waals surface area (Å²) < 4.78 is 0. The topological polar surface area (TPSA) is 108 Å². The van der Waals surface area contributed by atoms with Crippen molar-refractivity contribution in [3.63, 3.8) is 0 Å². The fraction of sp³-hybridized carbons (Fsp3) is 0. The molecule has 3 aromatic rings. The van der Waals surface area contributed by atoms with Crippen LogP contribution in [0.4, 0.5) is 0 Å². The lowest BCUT2D eigenvalue weighted by Gasteiger charge is -1.99. The number of halogens is 1. The highest BCUT2D eigenvalue weighted by molar-refractivity contribution is 5.85. The molecule has 0 amide bonds. The van der Waals surface area contributed by atoms with Crippen molar-refractivity contribution in [1.82, 2.24) is 25.4 Å². The van der Waals surface area contributed by atoms with Crippen molar-refractivity contribution in [3.05, 3.63) is 34.6 Å². The van der Waals surface area contributed by atoms with Crippen molar-refractivity contribution < 1.29 is 5.11 Å². The van der Waals surface area contributed by atoms with Gasteiger partial charge in [-0.25, -0.2) is 4.98 Å². The van der Waals surface area contributed by atoms with E-state index in [4.69, 9.17) is 0 Å². The van der Waals surface area contributed by atoms with Crippen LogP contribution in [0.2, 0.25) is 0 Å². The Morgan fingerprint density at radius 1 is 1.11 bits per heavy atom. The Bertz CT molecular complexity index is 734. The second kappa shape index (κ2) is 4.46. The van der Waals surface area contributed by atoms with Crippen molar-refractivity contribution in [2.24, 2.45) is 0 Å². The van der Waals surface area contributed by atoms with Crippen LogP contribution < -0.4 is 5.56 Å². The van der Waals surface area contributed by atoms with Gasteiger partial charge in [0, 0.05) is 5.56 Å². The molecule has 0 aliphatic carbocycles. The Hall–Kier alpha value is -2.41. The summed E-state index contributed by atoms with van der Waals surface area (Å²) in [6, 6.07) is 6.34. The van der Waals surface area contributed by atoms with Crippen molar-refractivity contribution in [1.29, 1.82) is 0 Å². The molecule has 2 aromatic heterocycles. The summed E-state index contributed by atoms with van der Waals surface area (Å²) in [7, 11) is 0. The van der Waals surface area contributed by atoms with Crippen molar-refractivity contribution in [3.8, 4) is 17.1 Å². The van der Waals surface area contributed by atoms with E-state index in [-0.39, 0.29) is 34.9 Å². The van der Waals surface area contributed by atoms with Crippen LogP contribution in [0.15, 0.2) is 29.1 Å². The van der Waals surface area contributed by atoms with Gasteiger partial charge in [-0.05, 0) is 24.3 Å². The summed E-state index contributed by atoms with van der Waals surface area (Å²) in [4.78, 5) is 18.4. The normalized spacial score (nSPS) is 10.2. The minimum Gasteiger partial charge on any atom is -0.508 e. The second-order valence-corrected chi connectivity index (χ2v) is 3.46. The molecule has 7 nitrogen and oxygen atoms in total. The number of nitrogens with one attached hydrogen (secondary N) is 2. The van der Waals surface area contributed by atoms with Crippen molar-refractivity contribution >= 4 is 23.6 Å². The van der Waals surface area contributed by atoms with Gasteiger partial charge in [0.05, 0.1) is 0 Å². The molecule has 18 heavy (non-hydrogen) atoms. The number of aromatic amines is 2. The SMILES string of the molecule is Cl.O=c1[nH]c(-c2ccc(O)cc2)nc2n[nH]nc12. The van der Waals surface area contributed by atoms with Gasteiger partial charge in [0.25, 0.3) is 5.56 Å². The lowest BCUT2D eigenvalue weighted by atomic mass is 10.2. The Balaban J connectivity index is 0.00000120. The molecule has 3 N–H and O–H groups in total. The number of fused-ring (bicyclic) bond motifs is 1. The maximum Gasteiger partial charge on any atom is 0.281 e. The van der Waals surface area contributed by atoms with E-state index >= 15 is 0 Å². The Morgan fingerprint density at radius 3 is 2.56 bits per heavy atom. The molecule has 0 unspecified atom stereocenters. The average Bonchev–Trinajstić information content (AvgIpc) is 2.78. The molecule has 3 rings (SSSR count). The van der Waals surface area contributed by atoms with Gasteiger partial charge in [0.15, 0.2) is 5.52 Å². The zero-order valence-electron chi connectivity index (χ0n) is 8.91. The quantitative estimate of drug-likeness (QED) is 0.604. The molecule has 0 spiro atoms. The molecule has 2 heterocycles. The Morgan fingerprint density at radius 2 is 1.83 bits per heavy atom. The van der Waals surface area contributed by atoms with Gasteiger partial charge in [-0.3, -0.25) is 4.79 Å². The van der Waals surface area contributed by atoms with Gasteiger partial charge in [-0.2, -0.15) is 5.21 Å². The number of hydrogen-bond donors (Lipinski definition) is 3. The van der Waals surface area contributed by atoms with Crippen LogP contribution >= 0.6 is 12.4 Å². The predicted molar refractivity (Wildman–Crippen MR) is 66.7 cm³/mol. The summed E-state index contributed by atoms with van der Waals surface area (Å²) in [6.07, 6.45) is 0. The van der Waals surface area contributed by atoms with Crippen LogP contribution in [0, 0.1) is 0 Å². The minimum absolute atomic E-state index is 0. The van der Waals surface area contributed by atoms with E-state index in [2.05, 4.69) is 25.4 Å². The number of nitrogens with zero attached hydrogens (tertiary/aromatic N) is 3. The lowest BCUT2D eigenvalue weighted by Crippen LogP contribution is -2.09. The number of aromatic hydroxyl groups is 1. The lowest BCUT2D eigenvalue weighted by molar-refractivity contribution is 0.475. The van der Waals surface area contributed by atoms with Gasteiger partial charge in [-0.1, -0.05) is 0 Å². The van der Waals surface area contributed by atoms with Crippen LogP contribution in [0.5, 0.6) is 5.75 Å². The number of hydrogen-bond acceptors (Lipinski definition) is 5. The zero-order valence-corrected chi connectivity index (χ0v) is 9.73. The molecule has 0 saturated carbocycles. The molecule has 1 aromatic carbocycles. The summed E-state index contributed by atoms with van der Waals surface area (Å²) in [6.45, 7) is 0. The van der Waals surface area contributed by atoms with E-state index in [1.54, 1.807) is 12.1 Å². The molecule has 0 fully saturated rings. The maximum absolute atomic E-state index is 11.6. The number of benzene rings is 1. The van der Waals surface area contributed by atoms with E-state index in [9.17, 15) is 9.90 Å². The van der Waals surface area contributed by atoms with Gasteiger partial charge in [-0.15, -0.1) is 22.6 Å². The number of H-pyrrole nitrogens is 2. The van der Waals surface area contributed by atoms with E-state index in [0.717, 1.165) is 0 Å². The first-order valence-corrected chi connectivity index (χ1v) is 4.84. The maximum atomic E-state index is 11.6. The molecular weight excluding hydrogens is 258 g/mol. The highest BCUT2D eigenvalue weighted by Gasteiger charge is 2.08. The van der Waals surface area contributed by atoms with Gasteiger partial charge >= 0.3 is 0 Å². The van der Waals surface area contributed by atoms with E-state index in [1.165, 1.54) is 12.1 Å². The first-order chi connectivity index (χ1) is 8.24. The molecule has 0 aliphatic heterocycles. The van der Waals surface area contributed by atoms with Crippen LogP contribution in [0.25, 0.3) is 22.6 Å². The number of rotatable bonds is 1. The van der Waals surface area contributed by atoms with Crippen LogP contribution in [-0.2, 0) is 0 Å². The molecule has 0 atom stereocenters. The summed E-state index contributed by atoms with van der Waals surface area (Å²) >= 11 is 0. The first-order valence-electron chi connectivity index (χ1n) is 4.84. The molecule has 8 heteroatoms. The Labute approximate surface area is 106 Å². The molecule has 0 bridgehead atoms. The number of aromatic nitrogens is 5. The van der Waals surface area contributed by atoms with E-state index < -0.39 is 0 Å². The zero-order chi connectivity index (χ0) is 11.8. The van der Waals surface area contributed by atoms with Crippen LogP contribution in [0.3, 0.4) is 0 Å². The predicted octanol–water partition coefficient (Wildman–Crippen LogP) is 0.836. The summed E-state index contributed by atoms with van der Waals surface area (Å²) in [5.74, 6) is 0.537. The van der Waals surface area contributed by atoms with Crippen molar-refractivity contribution in [2.75, 3.05) is 0 Å². The fourth-order valence-corrected chi connectivity index (χ4v) is 1.51. The van der Waals surface area contributed by atoms with E-state index in [1.807, 2.05) is 0 Å². The highest BCUT2D eigenvalue weighted by Crippen LogP contribution is 2.17. The smallest absolute Gasteiger partial charge is 0.281 e. The van der Waals surface area contributed by atoms with Gasteiger partial charge < -0.3 is 10.1 Å². The number of phenolic OH excluding ortho intramolecular Hbond substituents is 1. The largest absolute Gasteiger partial charge is 0.508 e. The van der Waals surface area contributed by atoms with Gasteiger partial charge in [0.1, 0.15) is 11.6 Å². The van der Waals surface area contributed by atoms with Crippen LogP contribution in [-0.4, -0.2) is 30.5 Å². The third-order valence-electron chi connectivity index (χ3n) is 2.33. The minimum atomic E-state index is -0.355. The molecule has 0 radical (unpaired) electrons. The molecular formula is C10H8ClN5O2.